The van der Waals surface area contributed by atoms with E-state index in [4.69, 9.17) is 10.5 Å². The van der Waals surface area contributed by atoms with Gasteiger partial charge in [-0.1, -0.05) is 25.1 Å². The average molecular weight is 289 g/mol. The van der Waals surface area contributed by atoms with Crippen molar-refractivity contribution in [3.63, 3.8) is 0 Å². The molecule has 0 radical (unpaired) electrons. The Labute approximate surface area is 125 Å². The Kier molecular flexibility index (Phi) is 5.62. The van der Waals surface area contributed by atoms with Crippen LogP contribution in [0.4, 0.5) is 0 Å². The monoisotopic (exact) mass is 289 g/mol. The van der Waals surface area contributed by atoms with Crippen molar-refractivity contribution in [2.45, 2.75) is 39.2 Å². The summed E-state index contributed by atoms with van der Waals surface area (Å²) in [6, 6.07) is 8.66. The quantitative estimate of drug-likeness (QED) is 0.837. The Morgan fingerprint density at radius 2 is 2.15 bits per heavy atom. The minimum atomic E-state index is 0.205. The van der Waals surface area contributed by atoms with Gasteiger partial charge in [0, 0.05) is 12.5 Å². The summed E-state index contributed by atoms with van der Waals surface area (Å²) in [5, 5.41) is 4.28. The van der Waals surface area contributed by atoms with Gasteiger partial charge in [0.2, 0.25) is 0 Å². The van der Waals surface area contributed by atoms with Gasteiger partial charge in [-0.15, -0.1) is 0 Å². The highest BCUT2D eigenvalue weighted by Crippen LogP contribution is 2.25. The number of benzene rings is 1. The van der Waals surface area contributed by atoms with Crippen LogP contribution in [0, 0.1) is 6.92 Å². The maximum atomic E-state index is 6.08. The summed E-state index contributed by atoms with van der Waals surface area (Å²) >= 11 is 1.73. The fourth-order valence-corrected chi connectivity index (χ4v) is 2.92. The number of thiophene rings is 1. The van der Waals surface area contributed by atoms with E-state index in [-0.39, 0.29) is 6.04 Å². The SMILES string of the molecule is CCC(N)Cc1cccc(C)c1OCCc1ccsc1. The Morgan fingerprint density at radius 3 is 2.85 bits per heavy atom. The molecule has 1 atom stereocenters. The van der Waals surface area contributed by atoms with E-state index in [0.29, 0.717) is 0 Å². The molecule has 0 spiro atoms. The molecule has 20 heavy (non-hydrogen) atoms. The van der Waals surface area contributed by atoms with Gasteiger partial charge < -0.3 is 10.5 Å². The molecule has 2 aromatic rings. The molecular weight excluding hydrogens is 266 g/mol. The van der Waals surface area contributed by atoms with Crippen LogP contribution in [0.3, 0.4) is 0 Å². The number of ether oxygens (including phenoxy) is 1. The third-order valence-electron chi connectivity index (χ3n) is 3.52. The highest BCUT2D eigenvalue weighted by molar-refractivity contribution is 7.07. The fraction of sp³-hybridized carbons (Fsp3) is 0.412. The van der Waals surface area contributed by atoms with E-state index in [0.717, 1.165) is 31.6 Å². The number of hydrogen-bond donors (Lipinski definition) is 1. The first-order chi connectivity index (χ1) is 9.70. The van der Waals surface area contributed by atoms with E-state index in [2.05, 4.69) is 48.9 Å². The first-order valence-corrected chi connectivity index (χ1v) is 8.13. The summed E-state index contributed by atoms with van der Waals surface area (Å²) in [4.78, 5) is 0. The van der Waals surface area contributed by atoms with Crippen LogP contribution in [0.25, 0.3) is 0 Å². The minimum absolute atomic E-state index is 0.205. The zero-order valence-electron chi connectivity index (χ0n) is 12.3. The summed E-state index contributed by atoms with van der Waals surface area (Å²) in [5.41, 5.74) is 9.84. The minimum Gasteiger partial charge on any atom is -0.493 e. The Balaban J connectivity index is 2.01. The molecule has 0 saturated heterocycles. The van der Waals surface area contributed by atoms with Crippen molar-refractivity contribution in [2.24, 2.45) is 5.73 Å². The van der Waals surface area contributed by atoms with Gasteiger partial charge in [-0.25, -0.2) is 0 Å². The van der Waals surface area contributed by atoms with E-state index >= 15 is 0 Å². The average Bonchev–Trinajstić information content (AvgIpc) is 2.95. The highest BCUT2D eigenvalue weighted by atomic mass is 32.1. The molecule has 0 fully saturated rings. The molecule has 0 aliphatic carbocycles. The number of para-hydroxylation sites is 1. The van der Waals surface area contributed by atoms with Gasteiger partial charge in [0.15, 0.2) is 0 Å². The van der Waals surface area contributed by atoms with Crippen LogP contribution >= 0.6 is 11.3 Å². The maximum Gasteiger partial charge on any atom is 0.125 e. The predicted molar refractivity (Wildman–Crippen MR) is 86.7 cm³/mol. The van der Waals surface area contributed by atoms with Crippen molar-refractivity contribution >= 4 is 11.3 Å². The lowest BCUT2D eigenvalue weighted by Gasteiger charge is -2.16. The van der Waals surface area contributed by atoms with Gasteiger partial charge in [-0.05, 0) is 53.3 Å². The van der Waals surface area contributed by atoms with E-state index in [1.165, 1.54) is 16.7 Å². The van der Waals surface area contributed by atoms with Crippen LogP contribution in [0.2, 0.25) is 0 Å². The van der Waals surface area contributed by atoms with Crippen LogP contribution in [0.1, 0.15) is 30.0 Å². The van der Waals surface area contributed by atoms with Crippen LogP contribution in [-0.4, -0.2) is 12.6 Å². The summed E-state index contributed by atoms with van der Waals surface area (Å²) in [7, 11) is 0. The highest BCUT2D eigenvalue weighted by Gasteiger charge is 2.10. The first-order valence-electron chi connectivity index (χ1n) is 7.18. The van der Waals surface area contributed by atoms with Gasteiger partial charge >= 0.3 is 0 Å². The molecule has 2 N–H and O–H groups in total. The summed E-state index contributed by atoms with van der Waals surface area (Å²) in [6.07, 6.45) is 2.82. The Morgan fingerprint density at radius 1 is 1.30 bits per heavy atom. The van der Waals surface area contributed by atoms with Crippen molar-refractivity contribution < 1.29 is 4.74 Å². The lowest BCUT2D eigenvalue weighted by Crippen LogP contribution is -2.22. The number of rotatable bonds is 7. The lowest BCUT2D eigenvalue weighted by molar-refractivity contribution is 0.315. The summed E-state index contributed by atoms with van der Waals surface area (Å²) in [5.74, 6) is 1.02. The molecule has 0 aliphatic heterocycles. The molecule has 0 saturated carbocycles. The smallest absolute Gasteiger partial charge is 0.125 e. The van der Waals surface area contributed by atoms with Crippen LogP contribution in [-0.2, 0) is 12.8 Å². The molecule has 108 valence electrons. The molecule has 0 aliphatic rings. The van der Waals surface area contributed by atoms with Crippen molar-refractivity contribution in [3.8, 4) is 5.75 Å². The summed E-state index contributed by atoms with van der Waals surface area (Å²) < 4.78 is 6.04. The van der Waals surface area contributed by atoms with E-state index in [1.807, 2.05) is 0 Å². The van der Waals surface area contributed by atoms with Gasteiger partial charge in [-0.3, -0.25) is 0 Å². The van der Waals surface area contributed by atoms with Gasteiger partial charge in [0.1, 0.15) is 5.75 Å². The Hall–Kier alpha value is -1.32. The van der Waals surface area contributed by atoms with Crippen molar-refractivity contribution in [1.29, 1.82) is 0 Å². The third kappa shape index (κ3) is 4.09. The zero-order chi connectivity index (χ0) is 14.4. The maximum absolute atomic E-state index is 6.08. The molecule has 3 heteroatoms. The normalized spacial score (nSPS) is 12.3. The second-order valence-corrected chi connectivity index (χ2v) is 5.95. The van der Waals surface area contributed by atoms with E-state index in [1.54, 1.807) is 11.3 Å². The molecule has 2 rings (SSSR count). The second-order valence-electron chi connectivity index (χ2n) is 5.17. The van der Waals surface area contributed by atoms with Crippen molar-refractivity contribution in [2.75, 3.05) is 6.61 Å². The standard InChI is InChI=1S/C17H23NOS/c1-3-16(18)11-15-6-4-5-13(2)17(15)19-9-7-14-8-10-20-12-14/h4-6,8,10,12,16H,3,7,9,11,18H2,1-2H3. The molecule has 1 aromatic carbocycles. The van der Waals surface area contributed by atoms with Crippen molar-refractivity contribution in [3.05, 3.63) is 51.7 Å². The molecule has 0 amide bonds. The van der Waals surface area contributed by atoms with Crippen LogP contribution in [0.5, 0.6) is 5.75 Å². The molecule has 0 bridgehead atoms. The largest absolute Gasteiger partial charge is 0.493 e. The molecule has 1 heterocycles. The van der Waals surface area contributed by atoms with Crippen LogP contribution < -0.4 is 10.5 Å². The molecular formula is C17H23NOS. The molecule has 1 unspecified atom stereocenters. The van der Waals surface area contributed by atoms with Crippen LogP contribution in [0.15, 0.2) is 35.0 Å². The second kappa shape index (κ2) is 7.46. The fourth-order valence-electron chi connectivity index (χ4n) is 2.21. The van der Waals surface area contributed by atoms with E-state index in [9.17, 15) is 0 Å². The van der Waals surface area contributed by atoms with Gasteiger partial charge in [0.05, 0.1) is 6.61 Å². The summed E-state index contributed by atoms with van der Waals surface area (Å²) in [6.45, 7) is 4.94. The molecule has 2 nitrogen and oxygen atoms in total. The van der Waals surface area contributed by atoms with Crippen molar-refractivity contribution in [1.82, 2.24) is 0 Å². The first kappa shape index (κ1) is 15.1. The topological polar surface area (TPSA) is 35.2 Å². The third-order valence-corrected chi connectivity index (χ3v) is 4.25. The number of aryl methyl sites for hydroxylation is 1. The number of hydrogen-bond acceptors (Lipinski definition) is 3. The number of nitrogens with two attached hydrogens (primary N) is 1. The predicted octanol–water partition coefficient (Wildman–Crippen LogP) is 3.96. The molecule has 1 aromatic heterocycles. The van der Waals surface area contributed by atoms with Gasteiger partial charge in [0.25, 0.3) is 0 Å². The Bertz CT molecular complexity index is 522. The van der Waals surface area contributed by atoms with E-state index < -0.39 is 0 Å². The lowest BCUT2D eigenvalue weighted by atomic mass is 10.0. The van der Waals surface area contributed by atoms with Gasteiger partial charge in [-0.2, -0.15) is 11.3 Å². The zero-order valence-corrected chi connectivity index (χ0v) is 13.1.